The van der Waals surface area contributed by atoms with Crippen LogP contribution in [0.3, 0.4) is 0 Å². The lowest BCUT2D eigenvalue weighted by atomic mass is 9.98. The fourth-order valence-electron chi connectivity index (χ4n) is 4.06. The van der Waals surface area contributed by atoms with Crippen LogP contribution in [-0.2, 0) is 4.74 Å². The molecule has 1 aliphatic rings. The molecule has 1 aromatic heterocycles. The molecule has 0 aliphatic heterocycles. The number of alkyl carbamates (subject to hydrolysis) is 1. The van der Waals surface area contributed by atoms with Crippen molar-refractivity contribution in [3.63, 3.8) is 0 Å². The quantitative estimate of drug-likeness (QED) is 0.459. The molecular formula is C27H21N3O2. The molecule has 0 radical (unpaired) electrons. The van der Waals surface area contributed by atoms with Gasteiger partial charge in [0, 0.05) is 11.5 Å². The van der Waals surface area contributed by atoms with Crippen molar-refractivity contribution < 1.29 is 9.53 Å². The molecule has 0 saturated carbocycles. The second kappa shape index (κ2) is 8.83. The highest BCUT2D eigenvalue weighted by molar-refractivity contribution is 5.79. The fourth-order valence-corrected chi connectivity index (χ4v) is 4.06. The Labute approximate surface area is 186 Å². The number of hydrogen-bond donors (Lipinski definition) is 2. The number of nitrogens with zero attached hydrogens (tertiary/aromatic N) is 1. The van der Waals surface area contributed by atoms with Crippen molar-refractivity contribution in [1.82, 2.24) is 15.3 Å². The number of aromatic amines is 1. The number of rotatable bonds is 4. The number of ether oxygens (including phenoxy) is 1. The first-order valence-electron chi connectivity index (χ1n) is 10.5. The zero-order chi connectivity index (χ0) is 21.8. The van der Waals surface area contributed by atoms with E-state index in [4.69, 9.17) is 4.74 Å². The molecular weight excluding hydrogens is 398 g/mol. The third-order valence-corrected chi connectivity index (χ3v) is 5.59. The predicted octanol–water partition coefficient (Wildman–Crippen LogP) is 4.97. The molecule has 3 aromatic carbocycles. The van der Waals surface area contributed by atoms with E-state index in [0.29, 0.717) is 6.61 Å². The van der Waals surface area contributed by atoms with Gasteiger partial charge >= 0.3 is 6.09 Å². The summed E-state index contributed by atoms with van der Waals surface area (Å²) in [4.78, 5) is 19.3. The van der Waals surface area contributed by atoms with Crippen LogP contribution in [0.25, 0.3) is 22.4 Å². The minimum absolute atomic E-state index is 0.0487. The van der Waals surface area contributed by atoms with Gasteiger partial charge in [0.05, 0.1) is 24.8 Å². The number of nitrogens with one attached hydrogen (secondary N) is 2. The van der Waals surface area contributed by atoms with E-state index in [2.05, 4.69) is 51.4 Å². The van der Waals surface area contributed by atoms with Crippen molar-refractivity contribution in [2.24, 2.45) is 0 Å². The molecule has 1 aliphatic carbocycles. The normalized spacial score (nSPS) is 11.8. The van der Waals surface area contributed by atoms with E-state index in [9.17, 15) is 4.79 Å². The molecule has 5 nitrogen and oxygen atoms in total. The molecule has 156 valence electrons. The van der Waals surface area contributed by atoms with Gasteiger partial charge in [-0.2, -0.15) is 0 Å². The summed E-state index contributed by atoms with van der Waals surface area (Å²) >= 11 is 0. The van der Waals surface area contributed by atoms with E-state index in [0.717, 1.165) is 16.8 Å². The number of carbonyl (C=O) groups is 1. The van der Waals surface area contributed by atoms with Gasteiger partial charge in [0.25, 0.3) is 0 Å². The van der Waals surface area contributed by atoms with Crippen molar-refractivity contribution in [3.8, 4) is 34.2 Å². The van der Waals surface area contributed by atoms with Gasteiger partial charge in [-0.25, -0.2) is 9.78 Å². The summed E-state index contributed by atoms with van der Waals surface area (Å²) in [6, 6.07) is 24.4. The second-order valence-corrected chi connectivity index (χ2v) is 7.52. The molecule has 0 atom stereocenters. The average molecular weight is 419 g/mol. The lowest BCUT2D eigenvalue weighted by Gasteiger charge is -2.14. The van der Waals surface area contributed by atoms with Crippen LogP contribution in [0.15, 0.2) is 85.3 Å². The molecule has 0 unspecified atom stereocenters. The molecule has 5 rings (SSSR count). The van der Waals surface area contributed by atoms with Crippen LogP contribution in [0.5, 0.6) is 0 Å². The number of benzene rings is 3. The van der Waals surface area contributed by atoms with Gasteiger partial charge < -0.3 is 15.0 Å². The summed E-state index contributed by atoms with van der Waals surface area (Å²) in [7, 11) is 0. The molecule has 1 heterocycles. The van der Waals surface area contributed by atoms with Gasteiger partial charge in [0.2, 0.25) is 0 Å². The maximum atomic E-state index is 12.2. The number of fused-ring (bicyclic) bond motifs is 3. The van der Waals surface area contributed by atoms with Crippen LogP contribution >= 0.6 is 0 Å². The van der Waals surface area contributed by atoms with E-state index < -0.39 is 6.09 Å². The summed E-state index contributed by atoms with van der Waals surface area (Å²) < 4.78 is 5.52. The highest BCUT2D eigenvalue weighted by atomic mass is 16.5. The second-order valence-electron chi connectivity index (χ2n) is 7.52. The third kappa shape index (κ3) is 3.99. The Balaban J connectivity index is 1.15. The monoisotopic (exact) mass is 419 g/mol. The maximum Gasteiger partial charge on any atom is 0.407 e. The van der Waals surface area contributed by atoms with Crippen LogP contribution in [0.4, 0.5) is 4.79 Å². The van der Waals surface area contributed by atoms with Crippen LogP contribution in [0.2, 0.25) is 0 Å². The van der Waals surface area contributed by atoms with Crippen LogP contribution < -0.4 is 5.32 Å². The first-order valence-corrected chi connectivity index (χ1v) is 10.5. The minimum Gasteiger partial charge on any atom is -0.449 e. The summed E-state index contributed by atoms with van der Waals surface area (Å²) in [5.74, 6) is 6.06. The molecule has 0 saturated heterocycles. The van der Waals surface area contributed by atoms with Crippen LogP contribution in [-0.4, -0.2) is 29.2 Å². The number of H-pyrrole nitrogens is 1. The zero-order valence-corrected chi connectivity index (χ0v) is 17.3. The predicted molar refractivity (Wildman–Crippen MR) is 124 cm³/mol. The average Bonchev–Trinajstić information content (AvgIpc) is 3.48. The summed E-state index contributed by atoms with van der Waals surface area (Å²) in [6.45, 7) is 0.515. The largest absolute Gasteiger partial charge is 0.449 e. The lowest BCUT2D eigenvalue weighted by molar-refractivity contribution is 0.144. The number of hydrogen-bond acceptors (Lipinski definition) is 3. The first-order chi connectivity index (χ1) is 15.8. The summed E-state index contributed by atoms with van der Waals surface area (Å²) in [6.07, 6.45) is 2.97. The smallest absolute Gasteiger partial charge is 0.407 e. The van der Waals surface area contributed by atoms with Crippen molar-refractivity contribution in [3.05, 3.63) is 102 Å². The third-order valence-electron chi connectivity index (χ3n) is 5.59. The lowest BCUT2D eigenvalue weighted by Crippen LogP contribution is -2.26. The molecule has 0 spiro atoms. The fraction of sp³-hybridized carbons (Fsp3) is 0.111. The van der Waals surface area contributed by atoms with Gasteiger partial charge in [0.15, 0.2) is 0 Å². The number of carbonyl (C=O) groups excluding carboxylic acids is 1. The molecule has 32 heavy (non-hydrogen) atoms. The van der Waals surface area contributed by atoms with E-state index in [1.54, 1.807) is 12.5 Å². The van der Waals surface area contributed by atoms with Crippen molar-refractivity contribution in [2.45, 2.75) is 5.92 Å². The standard InChI is InChI=1S/C27H21N3O2/c31-27(29-15-5-6-19-11-13-20(14-12-19)26-16-28-18-30-26)32-17-25-23-9-3-1-7-21(23)22-8-2-4-10-24(22)25/h1-4,7-14,16,18,25H,15,17H2,(H,28,30)(H,29,31). The van der Waals surface area contributed by atoms with E-state index in [1.165, 1.54) is 22.3 Å². The molecule has 1 amide bonds. The Morgan fingerprint density at radius 3 is 2.31 bits per heavy atom. The van der Waals surface area contributed by atoms with Crippen molar-refractivity contribution in [1.29, 1.82) is 0 Å². The number of imidazole rings is 1. The Hall–Kier alpha value is -4.30. The zero-order valence-electron chi connectivity index (χ0n) is 17.3. The molecule has 0 bridgehead atoms. The highest BCUT2D eigenvalue weighted by Crippen LogP contribution is 2.44. The van der Waals surface area contributed by atoms with Gasteiger partial charge in [0.1, 0.15) is 6.61 Å². The Morgan fingerprint density at radius 2 is 1.66 bits per heavy atom. The number of aromatic nitrogens is 2. The highest BCUT2D eigenvalue weighted by Gasteiger charge is 2.28. The maximum absolute atomic E-state index is 12.2. The van der Waals surface area contributed by atoms with E-state index in [-0.39, 0.29) is 12.5 Å². The van der Waals surface area contributed by atoms with Crippen molar-refractivity contribution in [2.75, 3.05) is 13.2 Å². The number of amides is 1. The SMILES string of the molecule is O=C(NCC#Cc1ccc(-c2cnc[nH]2)cc1)OCC1c2ccccc2-c2ccccc21. The Morgan fingerprint density at radius 1 is 0.969 bits per heavy atom. The van der Waals surface area contributed by atoms with Gasteiger partial charge in [-0.3, -0.25) is 0 Å². The van der Waals surface area contributed by atoms with Gasteiger partial charge in [-0.1, -0.05) is 72.5 Å². The summed E-state index contributed by atoms with van der Waals surface area (Å²) in [5, 5.41) is 2.71. The van der Waals surface area contributed by atoms with E-state index >= 15 is 0 Å². The van der Waals surface area contributed by atoms with Crippen LogP contribution in [0.1, 0.15) is 22.6 Å². The van der Waals surface area contributed by atoms with Crippen molar-refractivity contribution >= 4 is 6.09 Å². The van der Waals surface area contributed by atoms with Gasteiger partial charge in [-0.15, -0.1) is 0 Å². The van der Waals surface area contributed by atoms with Crippen LogP contribution in [0, 0.1) is 11.8 Å². The van der Waals surface area contributed by atoms with Gasteiger partial charge in [-0.05, 0) is 39.9 Å². The first kappa shape index (κ1) is 19.7. The topological polar surface area (TPSA) is 67.0 Å². The molecule has 5 heteroatoms. The Kier molecular flexibility index (Phi) is 5.42. The minimum atomic E-state index is -0.462. The summed E-state index contributed by atoms with van der Waals surface area (Å²) in [5.41, 5.74) is 7.69. The molecule has 4 aromatic rings. The van der Waals surface area contributed by atoms with E-state index in [1.807, 2.05) is 48.5 Å². The molecule has 2 N–H and O–H groups in total. The Bertz CT molecular complexity index is 1250. The molecule has 0 fully saturated rings.